The maximum atomic E-state index is 6.16. The Labute approximate surface area is 125 Å². The fraction of sp³-hybridized carbons (Fsp3) is 0.533. The smallest absolute Gasteiger partial charge is 0.148 e. The van der Waals surface area contributed by atoms with Crippen LogP contribution in [0.25, 0.3) is 0 Å². The van der Waals surface area contributed by atoms with Crippen molar-refractivity contribution in [2.24, 2.45) is 0 Å². The number of thiophene rings is 1. The third-order valence-corrected chi connectivity index (χ3v) is 4.49. The molecular formula is C15H24N4S. The molecule has 1 atom stereocenters. The van der Waals surface area contributed by atoms with Crippen LogP contribution in [0.3, 0.4) is 0 Å². The number of nitrogen functional groups attached to an aromatic ring is 1. The molecule has 0 aliphatic heterocycles. The first-order valence-electron chi connectivity index (χ1n) is 7.10. The van der Waals surface area contributed by atoms with Crippen molar-refractivity contribution in [2.75, 3.05) is 11.1 Å². The van der Waals surface area contributed by atoms with Gasteiger partial charge in [0.25, 0.3) is 0 Å². The summed E-state index contributed by atoms with van der Waals surface area (Å²) in [6.07, 6.45) is 1.04. The number of rotatable bonds is 5. The lowest BCUT2D eigenvalue weighted by Crippen LogP contribution is -2.13. The van der Waals surface area contributed by atoms with Crippen LogP contribution < -0.4 is 11.1 Å². The summed E-state index contributed by atoms with van der Waals surface area (Å²) in [5, 5.41) is 8.04. The second-order valence-electron chi connectivity index (χ2n) is 5.31. The lowest BCUT2D eigenvalue weighted by atomic mass is 10.1. The van der Waals surface area contributed by atoms with Crippen molar-refractivity contribution in [3.05, 3.63) is 27.1 Å². The molecule has 0 aliphatic rings. The number of hydrogen-bond donors (Lipinski definition) is 2. The van der Waals surface area contributed by atoms with E-state index in [4.69, 9.17) is 5.73 Å². The van der Waals surface area contributed by atoms with Crippen molar-refractivity contribution < 1.29 is 0 Å². The summed E-state index contributed by atoms with van der Waals surface area (Å²) in [6, 6.07) is 2.48. The second kappa shape index (κ2) is 5.87. The van der Waals surface area contributed by atoms with E-state index in [0.29, 0.717) is 0 Å². The van der Waals surface area contributed by atoms with Crippen LogP contribution in [-0.4, -0.2) is 9.78 Å². The summed E-state index contributed by atoms with van der Waals surface area (Å²) in [5.41, 5.74) is 9.16. The molecule has 0 aliphatic carbocycles. The van der Waals surface area contributed by atoms with Crippen LogP contribution in [0.5, 0.6) is 0 Å². The van der Waals surface area contributed by atoms with Crippen LogP contribution in [0.15, 0.2) is 6.07 Å². The van der Waals surface area contributed by atoms with Gasteiger partial charge in [-0.05, 0) is 45.7 Å². The van der Waals surface area contributed by atoms with Crippen LogP contribution in [0, 0.1) is 20.8 Å². The first kappa shape index (κ1) is 14.9. The van der Waals surface area contributed by atoms with Crippen molar-refractivity contribution in [3.63, 3.8) is 0 Å². The standard InChI is InChI=1S/C15H24N4S/c1-6-7-19-15(14(16)11(4)18-19)17-10(3)13-8-9(2)20-12(13)5/h8,10,17H,6-7,16H2,1-5H3. The Hall–Kier alpha value is -1.49. The van der Waals surface area contributed by atoms with E-state index >= 15 is 0 Å². The Balaban J connectivity index is 2.27. The minimum absolute atomic E-state index is 0.231. The average molecular weight is 292 g/mol. The minimum atomic E-state index is 0.231. The Morgan fingerprint density at radius 3 is 2.65 bits per heavy atom. The van der Waals surface area contributed by atoms with E-state index in [1.54, 1.807) is 0 Å². The maximum absolute atomic E-state index is 6.16. The van der Waals surface area contributed by atoms with Crippen LogP contribution in [-0.2, 0) is 6.54 Å². The van der Waals surface area contributed by atoms with Crippen molar-refractivity contribution in [1.82, 2.24) is 9.78 Å². The normalized spacial score (nSPS) is 12.7. The molecule has 0 saturated carbocycles. The van der Waals surface area contributed by atoms with E-state index in [2.05, 4.69) is 44.2 Å². The van der Waals surface area contributed by atoms with E-state index in [9.17, 15) is 0 Å². The quantitative estimate of drug-likeness (QED) is 0.874. The van der Waals surface area contributed by atoms with E-state index in [1.165, 1.54) is 15.3 Å². The van der Waals surface area contributed by atoms with E-state index in [-0.39, 0.29) is 6.04 Å². The van der Waals surface area contributed by atoms with Crippen molar-refractivity contribution >= 4 is 22.8 Å². The largest absolute Gasteiger partial charge is 0.394 e. The molecule has 0 amide bonds. The molecule has 3 N–H and O–H groups in total. The molecule has 0 fully saturated rings. The molecule has 0 radical (unpaired) electrons. The molecule has 2 aromatic rings. The van der Waals surface area contributed by atoms with Crippen molar-refractivity contribution in [1.29, 1.82) is 0 Å². The van der Waals surface area contributed by atoms with Gasteiger partial charge in [0.15, 0.2) is 0 Å². The number of aryl methyl sites for hydroxylation is 4. The molecule has 2 rings (SSSR count). The predicted molar refractivity (Wildman–Crippen MR) is 87.5 cm³/mol. The van der Waals surface area contributed by atoms with Gasteiger partial charge < -0.3 is 11.1 Å². The molecule has 20 heavy (non-hydrogen) atoms. The summed E-state index contributed by atoms with van der Waals surface area (Å²) in [4.78, 5) is 2.71. The molecule has 0 aromatic carbocycles. The molecule has 4 nitrogen and oxygen atoms in total. The van der Waals surface area contributed by atoms with E-state index in [0.717, 1.165) is 30.2 Å². The molecule has 5 heteroatoms. The first-order chi connectivity index (χ1) is 9.43. The molecule has 110 valence electrons. The summed E-state index contributed by atoms with van der Waals surface area (Å²) >= 11 is 1.84. The lowest BCUT2D eigenvalue weighted by Gasteiger charge is -2.17. The molecule has 0 spiro atoms. The number of nitrogens with zero attached hydrogens (tertiary/aromatic N) is 2. The zero-order valence-corrected chi connectivity index (χ0v) is 13.8. The monoisotopic (exact) mass is 292 g/mol. The maximum Gasteiger partial charge on any atom is 0.148 e. The summed E-state index contributed by atoms with van der Waals surface area (Å²) < 4.78 is 1.98. The van der Waals surface area contributed by atoms with Gasteiger partial charge in [-0.15, -0.1) is 11.3 Å². The average Bonchev–Trinajstić information content (AvgIpc) is 2.84. The van der Waals surface area contributed by atoms with Crippen molar-refractivity contribution in [2.45, 2.75) is 53.6 Å². The zero-order chi connectivity index (χ0) is 14.9. The SMILES string of the molecule is CCCn1nc(C)c(N)c1NC(C)c1cc(C)sc1C. The van der Waals surface area contributed by atoms with Gasteiger partial charge in [0, 0.05) is 16.3 Å². The van der Waals surface area contributed by atoms with Crippen LogP contribution >= 0.6 is 11.3 Å². The van der Waals surface area contributed by atoms with E-state index < -0.39 is 0 Å². The Bertz CT molecular complexity index is 597. The highest BCUT2D eigenvalue weighted by Gasteiger charge is 2.17. The molecule has 1 unspecified atom stereocenters. The molecule has 0 bridgehead atoms. The van der Waals surface area contributed by atoms with E-state index in [1.807, 2.05) is 22.9 Å². The zero-order valence-electron chi connectivity index (χ0n) is 12.9. The predicted octanol–water partition coefficient (Wildman–Crippen LogP) is 4.04. The molecule has 2 heterocycles. The van der Waals surface area contributed by atoms with Gasteiger partial charge in [-0.3, -0.25) is 0 Å². The fourth-order valence-electron chi connectivity index (χ4n) is 2.48. The highest BCUT2D eigenvalue weighted by Crippen LogP contribution is 2.31. The third kappa shape index (κ3) is 2.82. The number of anilines is 2. The molecular weight excluding hydrogens is 268 g/mol. The number of nitrogens with one attached hydrogen (secondary N) is 1. The number of aromatic nitrogens is 2. The Morgan fingerprint density at radius 2 is 2.10 bits per heavy atom. The number of hydrogen-bond acceptors (Lipinski definition) is 4. The van der Waals surface area contributed by atoms with Gasteiger partial charge in [-0.1, -0.05) is 6.92 Å². The van der Waals surface area contributed by atoms with Crippen molar-refractivity contribution in [3.8, 4) is 0 Å². The van der Waals surface area contributed by atoms with Crippen LogP contribution in [0.1, 0.15) is 47.3 Å². The van der Waals surface area contributed by atoms with Gasteiger partial charge in [0.05, 0.1) is 17.4 Å². The lowest BCUT2D eigenvalue weighted by molar-refractivity contribution is 0.599. The third-order valence-electron chi connectivity index (χ3n) is 3.51. The first-order valence-corrected chi connectivity index (χ1v) is 7.92. The van der Waals surface area contributed by atoms with Crippen LogP contribution in [0.2, 0.25) is 0 Å². The highest BCUT2D eigenvalue weighted by atomic mass is 32.1. The Morgan fingerprint density at radius 1 is 1.40 bits per heavy atom. The summed E-state index contributed by atoms with van der Waals surface area (Å²) in [6.45, 7) is 11.5. The molecule has 0 saturated heterocycles. The summed E-state index contributed by atoms with van der Waals surface area (Å²) in [7, 11) is 0. The van der Waals surface area contributed by atoms with Gasteiger partial charge in [-0.2, -0.15) is 5.10 Å². The Kier molecular flexibility index (Phi) is 4.38. The number of nitrogens with two attached hydrogens (primary N) is 1. The highest BCUT2D eigenvalue weighted by molar-refractivity contribution is 7.12. The van der Waals surface area contributed by atoms with Crippen LogP contribution in [0.4, 0.5) is 11.5 Å². The minimum Gasteiger partial charge on any atom is -0.394 e. The fourth-order valence-corrected chi connectivity index (χ4v) is 3.51. The van der Waals surface area contributed by atoms with Gasteiger partial charge in [0.1, 0.15) is 5.82 Å². The van der Waals surface area contributed by atoms with Gasteiger partial charge in [-0.25, -0.2) is 4.68 Å². The van der Waals surface area contributed by atoms with Gasteiger partial charge >= 0.3 is 0 Å². The molecule has 2 aromatic heterocycles. The second-order valence-corrected chi connectivity index (χ2v) is 6.77. The summed E-state index contributed by atoms with van der Waals surface area (Å²) in [5.74, 6) is 0.945. The topological polar surface area (TPSA) is 55.9 Å². The van der Waals surface area contributed by atoms with Gasteiger partial charge in [0.2, 0.25) is 0 Å².